The van der Waals surface area contributed by atoms with Crippen LogP contribution in [-0.4, -0.2) is 49.2 Å². The predicted octanol–water partition coefficient (Wildman–Crippen LogP) is 0.858. The smallest absolute Gasteiger partial charge is 0.268 e. The molecule has 1 aromatic heterocycles. The normalized spacial score (nSPS) is 18.4. The van der Waals surface area contributed by atoms with E-state index in [0.29, 0.717) is 6.54 Å². The third-order valence-corrected chi connectivity index (χ3v) is 3.91. The number of nitrogens with zero attached hydrogens (tertiary/aromatic N) is 3. The van der Waals surface area contributed by atoms with Crippen LogP contribution in [0.1, 0.15) is 26.2 Å². The Morgan fingerprint density at radius 3 is 3.00 bits per heavy atom. The van der Waals surface area contributed by atoms with Crippen LogP contribution in [0.25, 0.3) is 0 Å². The van der Waals surface area contributed by atoms with Gasteiger partial charge in [-0.05, 0) is 19.4 Å². The van der Waals surface area contributed by atoms with Crippen molar-refractivity contribution in [1.82, 2.24) is 15.1 Å². The summed E-state index contributed by atoms with van der Waals surface area (Å²) in [6.07, 6.45) is 5.39. The van der Waals surface area contributed by atoms with E-state index in [1.165, 1.54) is 11.1 Å². The minimum absolute atomic E-state index is 0.0364. The van der Waals surface area contributed by atoms with Crippen LogP contribution in [-0.2, 0) is 11.3 Å². The van der Waals surface area contributed by atoms with E-state index in [1.54, 1.807) is 19.4 Å². The Morgan fingerprint density at radius 1 is 1.48 bits per heavy atom. The number of hydrogen-bond donors (Lipinski definition) is 1. The largest absolute Gasteiger partial charge is 0.380 e. The fourth-order valence-corrected chi connectivity index (χ4v) is 2.53. The van der Waals surface area contributed by atoms with Gasteiger partial charge in [-0.25, -0.2) is 4.68 Å². The summed E-state index contributed by atoms with van der Waals surface area (Å²) < 4.78 is 6.87. The van der Waals surface area contributed by atoms with Gasteiger partial charge in [0.1, 0.15) is 0 Å². The van der Waals surface area contributed by atoms with Crippen molar-refractivity contribution in [1.29, 1.82) is 0 Å². The highest BCUT2D eigenvalue weighted by atomic mass is 16.5. The van der Waals surface area contributed by atoms with Crippen molar-refractivity contribution in [3.05, 3.63) is 22.6 Å². The van der Waals surface area contributed by atoms with Crippen molar-refractivity contribution in [3.8, 4) is 0 Å². The molecule has 1 unspecified atom stereocenters. The highest BCUT2D eigenvalue weighted by Gasteiger charge is 2.22. The fourth-order valence-electron chi connectivity index (χ4n) is 2.53. The summed E-state index contributed by atoms with van der Waals surface area (Å²) in [6, 6.07) is 1.68. The fraction of sp³-hybridized carbons (Fsp3) is 0.733. The number of ether oxygens (including phenoxy) is 1. The van der Waals surface area contributed by atoms with Gasteiger partial charge in [0.25, 0.3) is 5.56 Å². The molecule has 2 rings (SSSR count). The molecule has 6 nitrogen and oxygen atoms in total. The maximum atomic E-state index is 12.1. The maximum Gasteiger partial charge on any atom is 0.268 e. The van der Waals surface area contributed by atoms with Gasteiger partial charge < -0.3 is 15.0 Å². The zero-order valence-corrected chi connectivity index (χ0v) is 13.0. The van der Waals surface area contributed by atoms with Crippen molar-refractivity contribution in [3.63, 3.8) is 0 Å². The SMILES string of the molecule is CCCCNCCn1ncc(N2CCC(OC)C2)cc1=O. The second-order valence-electron chi connectivity index (χ2n) is 5.47. The van der Waals surface area contributed by atoms with Crippen LogP contribution in [0.5, 0.6) is 0 Å². The molecule has 0 radical (unpaired) electrons. The molecule has 1 aliphatic heterocycles. The number of aromatic nitrogens is 2. The lowest BCUT2D eigenvalue weighted by Crippen LogP contribution is -2.30. The molecule has 1 aromatic rings. The lowest BCUT2D eigenvalue weighted by molar-refractivity contribution is 0.121. The van der Waals surface area contributed by atoms with Gasteiger partial charge in [-0.15, -0.1) is 0 Å². The van der Waals surface area contributed by atoms with E-state index in [0.717, 1.165) is 44.7 Å². The second-order valence-corrected chi connectivity index (χ2v) is 5.47. The third kappa shape index (κ3) is 4.54. The lowest BCUT2D eigenvalue weighted by Gasteiger charge is -2.18. The molecule has 1 saturated heterocycles. The van der Waals surface area contributed by atoms with E-state index >= 15 is 0 Å². The number of rotatable bonds is 8. The molecule has 1 fully saturated rings. The molecular weight excluding hydrogens is 268 g/mol. The van der Waals surface area contributed by atoms with E-state index < -0.39 is 0 Å². The molecule has 0 amide bonds. The van der Waals surface area contributed by atoms with E-state index in [9.17, 15) is 4.79 Å². The molecule has 0 spiro atoms. The second kappa shape index (κ2) is 8.14. The van der Waals surface area contributed by atoms with Crippen molar-refractivity contribution >= 4 is 5.69 Å². The number of hydrogen-bond acceptors (Lipinski definition) is 5. The molecule has 6 heteroatoms. The summed E-state index contributed by atoms with van der Waals surface area (Å²) in [5, 5.41) is 7.59. The molecule has 1 N–H and O–H groups in total. The van der Waals surface area contributed by atoms with Crippen LogP contribution in [0.2, 0.25) is 0 Å². The van der Waals surface area contributed by atoms with Gasteiger partial charge in [-0.3, -0.25) is 4.79 Å². The predicted molar refractivity (Wildman–Crippen MR) is 83.9 cm³/mol. The van der Waals surface area contributed by atoms with Gasteiger partial charge in [0, 0.05) is 32.8 Å². The molecule has 21 heavy (non-hydrogen) atoms. The summed E-state index contributed by atoms with van der Waals surface area (Å²) in [7, 11) is 1.73. The summed E-state index contributed by atoms with van der Waals surface area (Å²) in [4.78, 5) is 14.2. The van der Waals surface area contributed by atoms with Crippen molar-refractivity contribution in [2.75, 3.05) is 38.2 Å². The van der Waals surface area contributed by atoms with Crippen LogP contribution in [0.15, 0.2) is 17.1 Å². The van der Waals surface area contributed by atoms with Crippen LogP contribution in [0.4, 0.5) is 5.69 Å². The van der Waals surface area contributed by atoms with Gasteiger partial charge in [-0.2, -0.15) is 5.10 Å². The standard InChI is InChI=1S/C15H26N4O2/c1-3-4-6-16-7-9-19-15(20)10-13(11-17-19)18-8-5-14(12-18)21-2/h10-11,14,16H,3-9,12H2,1-2H3. The molecule has 2 heterocycles. The van der Waals surface area contributed by atoms with Crippen LogP contribution < -0.4 is 15.8 Å². The Morgan fingerprint density at radius 2 is 2.33 bits per heavy atom. The Bertz CT molecular complexity index is 489. The van der Waals surface area contributed by atoms with Gasteiger partial charge in [0.2, 0.25) is 0 Å². The minimum atomic E-state index is -0.0364. The highest BCUT2D eigenvalue weighted by Crippen LogP contribution is 2.18. The van der Waals surface area contributed by atoms with Gasteiger partial charge in [-0.1, -0.05) is 13.3 Å². The lowest BCUT2D eigenvalue weighted by atomic mass is 10.3. The number of nitrogens with one attached hydrogen (secondary N) is 1. The summed E-state index contributed by atoms with van der Waals surface area (Å²) in [5.41, 5.74) is 0.861. The van der Waals surface area contributed by atoms with Gasteiger partial charge >= 0.3 is 0 Å². The Kier molecular flexibility index (Phi) is 6.20. The van der Waals surface area contributed by atoms with Gasteiger partial charge in [0.05, 0.1) is 24.5 Å². The van der Waals surface area contributed by atoms with Crippen LogP contribution in [0, 0.1) is 0 Å². The molecule has 1 aliphatic rings. The topological polar surface area (TPSA) is 59.4 Å². The Balaban J connectivity index is 1.87. The van der Waals surface area contributed by atoms with Gasteiger partial charge in [0.15, 0.2) is 0 Å². The quantitative estimate of drug-likeness (QED) is 0.721. The summed E-state index contributed by atoms with van der Waals surface area (Å²) in [5.74, 6) is 0. The number of unbranched alkanes of at least 4 members (excludes halogenated alkanes) is 1. The summed E-state index contributed by atoms with van der Waals surface area (Å²) in [6.45, 7) is 6.31. The average Bonchev–Trinajstić information content (AvgIpc) is 2.97. The zero-order valence-electron chi connectivity index (χ0n) is 13.0. The monoisotopic (exact) mass is 294 g/mol. The molecule has 0 aromatic carbocycles. The molecular formula is C15H26N4O2. The first-order valence-corrected chi connectivity index (χ1v) is 7.80. The van der Waals surface area contributed by atoms with Crippen molar-refractivity contribution in [2.45, 2.75) is 38.8 Å². The highest BCUT2D eigenvalue weighted by molar-refractivity contribution is 5.44. The Hall–Kier alpha value is -1.40. The van der Waals surface area contributed by atoms with Crippen LogP contribution in [0.3, 0.4) is 0 Å². The first-order chi connectivity index (χ1) is 10.2. The maximum absolute atomic E-state index is 12.1. The molecule has 0 aliphatic carbocycles. The van der Waals surface area contributed by atoms with E-state index in [-0.39, 0.29) is 11.7 Å². The number of anilines is 1. The Labute approximate surface area is 126 Å². The van der Waals surface area contributed by atoms with E-state index in [4.69, 9.17) is 4.74 Å². The molecule has 1 atom stereocenters. The number of methoxy groups -OCH3 is 1. The summed E-state index contributed by atoms with van der Waals surface area (Å²) >= 11 is 0. The van der Waals surface area contributed by atoms with Crippen molar-refractivity contribution < 1.29 is 4.74 Å². The zero-order chi connectivity index (χ0) is 15.1. The van der Waals surface area contributed by atoms with E-state index in [2.05, 4.69) is 22.2 Å². The molecule has 0 bridgehead atoms. The minimum Gasteiger partial charge on any atom is -0.380 e. The van der Waals surface area contributed by atoms with E-state index in [1.807, 2.05) is 0 Å². The van der Waals surface area contributed by atoms with Crippen LogP contribution >= 0.6 is 0 Å². The first kappa shape index (κ1) is 16.0. The van der Waals surface area contributed by atoms with Crippen molar-refractivity contribution in [2.24, 2.45) is 0 Å². The molecule has 118 valence electrons. The average molecular weight is 294 g/mol. The molecule has 0 saturated carbocycles. The third-order valence-electron chi connectivity index (χ3n) is 3.91. The first-order valence-electron chi connectivity index (χ1n) is 7.80.